The van der Waals surface area contributed by atoms with Crippen LogP contribution in [0, 0.1) is 0 Å². The average molecular weight is 537 g/mol. The third kappa shape index (κ3) is 6.48. The van der Waals surface area contributed by atoms with Crippen molar-refractivity contribution in [2.45, 2.75) is 44.0 Å². The highest BCUT2D eigenvalue weighted by Crippen LogP contribution is 2.28. The largest absolute Gasteiger partial charge is 0.573 e. The molecular formula is C25H27F3N4O6. The molecule has 13 heteroatoms. The van der Waals surface area contributed by atoms with E-state index in [1.807, 2.05) is 31.2 Å². The molecule has 10 nitrogen and oxygen atoms in total. The zero-order valence-electron chi connectivity index (χ0n) is 21.0. The predicted molar refractivity (Wildman–Crippen MR) is 129 cm³/mol. The van der Waals surface area contributed by atoms with Gasteiger partial charge in [0.05, 0.1) is 18.0 Å². The van der Waals surface area contributed by atoms with Crippen LogP contribution in [-0.4, -0.2) is 79.4 Å². The summed E-state index contributed by atoms with van der Waals surface area (Å²) in [7, 11) is 4.69. The number of hydrogen-bond acceptors (Lipinski definition) is 9. The van der Waals surface area contributed by atoms with Crippen LogP contribution in [0.3, 0.4) is 0 Å². The van der Waals surface area contributed by atoms with Gasteiger partial charge in [-0.25, -0.2) is 9.67 Å². The van der Waals surface area contributed by atoms with E-state index in [1.54, 1.807) is 14.2 Å². The van der Waals surface area contributed by atoms with Crippen LogP contribution in [0.5, 0.6) is 5.75 Å². The fraction of sp³-hybridized carbons (Fsp3) is 0.400. The Balaban J connectivity index is 1.38. The summed E-state index contributed by atoms with van der Waals surface area (Å²) < 4.78 is 64.8. The van der Waals surface area contributed by atoms with Gasteiger partial charge in [0.1, 0.15) is 24.3 Å². The van der Waals surface area contributed by atoms with Crippen molar-refractivity contribution in [3.8, 4) is 22.8 Å². The summed E-state index contributed by atoms with van der Waals surface area (Å²) in [6.07, 6.45) is -4.09. The number of benzene rings is 2. The predicted octanol–water partition coefficient (Wildman–Crippen LogP) is 3.97. The van der Waals surface area contributed by atoms with E-state index in [9.17, 15) is 13.2 Å². The Morgan fingerprint density at radius 2 is 1.58 bits per heavy atom. The normalized spacial score (nSPS) is 24.0. The van der Waals surface area contributed by atoms with E-state index < -0.39 is 24.9 Å². The first-order valence-corrected chi connectivity index (χ1v) is 11.5. The molecule has 0 radical (unpaired) electrons. The van der Waals surface area contributed by atoms with Gasteiger partial charge in [0.25, 0.3) is 6.29 Å². The van der Waals surface area contributed by atoms with Gasteiger partial charge in [0, 0.05) is 26.9 Å². The molecule has 2 heterocycles. The lowest BCUT2D eigenvalue weighted by Crippen LogP contribution is -2.59. The lowest BCUT2D eigenvalue weighted by molar-refractivity contribution is -0.305. The molecule has 0 spiro atoms. The molecule has 0 amide bonds. The topological polar surface area (TPSA) is 98.5 Å². The van der Waals surface area contributed by atoms with E-state index in [-0.39, 0.29) is 18.0 Å². The minimum Gasteiger partial charge on any atom is -0.406 e. The average Bonchev–Trinajstić information content (AvgIpc) is 3.38. The lowest BCUT2D eigenvalue weighted by atomic mass is 9.99. The third-order valence-corrected chi connectivity index (χ3v) is 5.91. The second-order valence-corrected chi connectivity index (χ2v) is 8.33. The van der Waals surface area contributed by atoms with Gasteiger partial charge >= 0.3 is 6.36 Å². The number of nitrogens with zero attached hydrogens (tertiary/aromatic N) is 4. The first-order chi connectivity index (χ1) is 18.2. The molecule has 0 bridgehead atoms. The Hall–Kier alpha value is -3.52. The Kier molecular flexibility index (Phi) is 8.62. The molecule has 0 saturated carbocycles. The van der Waals surface area contributed by atoms with E-state index >= 15 is 0 Å². The fourth-order valence-electron chi connectivity index (χ4n) is 4.09. The molecule has 38 heavy (non-hydrogen) atoms. The molecule has 1 aliphatic rings. The summed E-state index contributed by atoms with van der Waals surface area (Å²) in [6.45, 7) is 1.86. The molecule has 3 aromatic rings. The minimum absolute atomic E-state index is 0.297. The highest BCUT2D eigenvalue weighted by Gasteiger charge is 2.46. The van der Waals surface area contributed by atoms with Gasteiger partial charge in [-0.05, 0) is 36.8 Å². The van der Waals surface area contributed by atoms with Crippen LogP contribution in [0.25, 0.3) is 17.1 Å². The number of ether oxygens (including phenoxy) is 5. The van der Waals surface area contributed by atoms with Crippen molar-refractivity contribution in [2.24, 2.45) is 5.16 Å². The zero-order valence-corrected chi connectivity index (χ0v) is 21.0. The molecular weight excluding hydrogens is 509 g/mol. The van der Waals surface area contributed by atoms with Crippen LogP contribution < -0.4 is 4.74 Å². The Bertz CT molecular complexity index is 1200. The summed E-state index contributed by atoms with van der Waals surface area (Å²) in [5, 5.41) is 8.44. The van der Waals surface area contributed by atoms with E-state index in [1.165, 1.54) is 48.6 Å². The molecule has 5 atom stereocenters. The summed E-state index contributed by atoms with van der Waals surface area (Å²) in [4.78, 5) is 9.86. The molecule has 0 N–H and O–H groups in total. The first kappa shape index (κ1) is 27.5. The molecule has 1 aromatic heterocycles. The maximum absolute atomic E-state index is 12.4. The van der Waals surface area contributed by atoms with Crippen LogP contribution in [0.4, 0.5) is 13.2 Å². The quantitative estimate of drug-likeness (QED) is 0.299. The monoisotopic (exact) mass is 536 g/mol. The van der Waals surface area contributed by atoms with Gasteiger partial charge < -0.3 is 28.5 Å². The van der Waals surface area contributed by atoms with Crippen LogP contribution >= 0.6 is 0 Å². The number of halogens is 3. The molecule has 1 aliphatic heterocycles. The lowest BCUT2D eigenvalue weighted by Gasteiger charge is -2.42. The van der Waals surface area contributed by atoms with Gasteiger partial charge in [-0.1, -0.05) is 29.4 Å². The Labute approximate surface area is 216 Å². The SMILES string of the molecule is CO[C@@H]1[C@@H](OC)[C@H](C)O[C@@H](O/N=C/c2ccc(-c3ncn(-c4ccc(OC(F)(F)F)cc4)n3)cc2)[C@@H]1OC. The maximum Gasteiger partial charge on any atom is 0.573 e. The van der Waals surface area contributed by atoms with Gasteiger partial charge in [-0.15, -0.1) is 18.3 Å². The van der Waals surface area contributed by atoms with Crippen LogP contribution in [-0.2, 0) is 23.8 Å². The van der Waals surface area contributed by atoms with Crippen molar-refractivity contribution in [3.63, 3.8) is 0 Å². The summed E-state index contributed by atoms with van der Waals surface area (Å²) in [6, 6.07) is 12.6. The van der Waals surface area contributed by atoms with Gasteiger partial charge in [0.15, 0.2) is 11.9 Å². The molecule has 1 fully saturated rings. The number of hydrogen-bond donors (Lipinski definition) is 0. The minimum atomic E-state index is -4.75. The molecule has 204 valence electrons. The van der Waals surface area contributed by atoms with Crippen molar-refractivity contribution in [1.82, 2.24) is 14.8 Å². The fourth-order valence-corrected chi connectivity index (χ4v) is 4.09. The number of alkyl halides is 3. The van der Waals surface area contributed by atoms with E-state index in [4.69, 9.17) is 23.8 Å². The van der Waals surface area contributed by atoms with Crippen molar-refractivity contribution >= 4 is 6.21 Å². The van der Waals surface area contributed by atoms with Gasteiger partial charge in [0.2, 0.25) is 0 Å². The van der Waals surface area contributed by atoms with Crippen molar-refractivity contribution < 1.29 is 41.7 Å². The maximum atomic E-state index is 12.4. The standard InChI is InChI=1S/C25H27F3N4O6/c1-15-20(33-2)21(34-3)22(35-4)24(36-15)38-30-13-16-5-7-17(8-6-16)23-29-14-32(31-23)18-9-11-19(12-10-18)37-25(26,27)28/h5-15,20-22,24H,1-4H3/b30-13+/t15-,20-,21+,22+,24-/m0/s1. The molecule has 4 rings (SSSR count). The van der Waals surface area contributed by atoms with E-state index in [0.717, 1.165) is 11.1 Å². The number of aromatic nitrogens is 3. The number of methoxy groups -OCH3 is 3. The molecule has 1 saturated heterocycles. The van der Waals surface area contributed by atoms with Gasteiger partial charge in [-0.2, -0.15) is 0 Å². The van der Waals surface area contributed by atoms with E-state index in [0.29, 0.717) is 11.5 Å². The number of oxime groups is 1. The Morgan fingerprint density at radius 1 is 0.921 bits per heavy atom. The Morgan fingerprint density at radius 3 is 2.18 bits per heavy atom. The smallest absolute Gasteiger partial charge is 0.406 e. The second-order valence-electron chi connectivity index (χ2n) is 8.33. The van der Waals surface area contributed by atoms with Crippen LogP contribution in [0.15, 0.2) is 60.0 Å². The van der Waals surface area contributed by atoms with Crippen molar-refractivity contribution in [2.75, 3.05) is 21.3 Å². The second kappa shape index (κ2) is 11.9. The number of rotatable bonds is 9. The highest BCUT2D eigenvalue weighted by atomic mass is 19.4. The summed E-state index contributed by atoms with van der Waals surface area (Å²) in [5.74, 6) is 0.119. The summed E-state index contributed by atoms with van der Waals surface area (Å²) >= 11 is 0. The molecule has 2 aromatic carbocycles. The van der Waals surface area contributed by atoms with E-state index in [2.05, 4.69) is 20.0 Å². The third-order valence-electron chi connectivity index (χ3n) is 5.91. The molecule has 0 unspecified atom stereocenters. The van der Waals surface area contributed by atoms with Crippen molar-refractivity contribution in [1.29, 1.82) is 0 Å². The van der Waals surface area contributed by atoms with Crippen molar-refractivity contribution in [3.05, 3.63) is 60.4 Å². The van der Waals surface area contributed by atoms with Crippen LogP contribution in [0.2, 0.25) is 0 Å². The highest BCUT2D eigenvalue weighted by molar-refractivity contribution is 5.80. The first-order valence-electron chi connectivity index (χ1n) is 11.5. The zero-order chi connectivity index (χ0) is 27.3. The molecule has 0 aliphatic carbocycles. The summed E-state index contributed by atoms with van der Waals surface area (Å²) in [5.41, 5.74) is 2.01. The van der Waals surface area contributed by atoms with Gasteiger partial charge in [-0.3, -0.25) is 0 Å². The van der Waals surface area contributed by atoms with Crippen LogP contribution in [0.1, 0.15) is 12.5 Å².